The quantitative estimate of drug-likeness (QED) is 0.157. The summed E-state index contributed by atoms with van der Waals surface area (Å²) < 4.78 is 48.7. The molecule has 9 nitrogen and oxygen atoms in total. The number of terminal acetylenes is 1. The maximum absolute atomic E-state index is 16.2. The summed E-state index contributed by atoms with van der Waals surface area (Å²) in [5.41, 5.74) is 1.33. The first-order chi connectivity index (χ1) is 24.3. The minimum Gasteiger partial charge on any atom is -0.467 e. The van der Waals surface area contributed by atoms with Crippen LogP contribution in [0.2, 0.25) is 0 Å². The molecule has 2 unspecified atom stereocenters. The van der Waals surface area contributed by atoms with E-state index in [0.717, 1.165) is 29.8 Å². The summed E-state index contributed by atoms with van der Waals surface area (Å²) in [6.07, 6.45) is 12.8. The van der Waals surface area contributed by atoms with E-state index in [1.54, 1.807) is 23.7 Å². The van der Waals surface area contributed by atoms with Gasteiger partial charge in [0.25, 0.3) is 5.91 Å². The Balaban J connectivity index is 0.000000375. The van der Waals surface area contributed by atoms with Gasteiger partial charge in [0.05, 0.1) is 12.5 Å². The number of anilines is 1. The third-order valence-corrected chi connectivity index (χ3v) is 10.1. The highest BCUT2D eigenvalue weighted by Crippen LogP contribution is 2.36. The molecule has 2 atom stereocenters. The molecule has 5 aromatic rings. The molecule has 3 fully saturated rings. The number of hydrogen-bond donors (Lipinski definition) is 0. The molecule has 0 saturated carbocycles. The predicted octanol–water partition coefficient (Wildman–Crippen LogP) is 6.28. The van der Waals surface area contributed by atoms with E-state index in [4.69, 9.17) is 11.2 Å². The van der Waals surface area contributed by atoms with E-state index in [1.165, 1.54) is 42.4 Å². The number of alkyl halides is 1. The highest BCUT2D eigenvalue weighted by Gasteiger charge is 2.34. The number of pyridine rings is 1. The second kappa shape index (κ2) is 14.4. The molecule has 3 saturated heterocycles. The van der Waals surface area contributed by atoms with E-state index in [2.05, 4.69) is 30.8 Å². The number of methoxy groups -OCH3 is 1. The van der Waals surface area contributed by atoms with Gasteiger partial charge in [0, 0.05) is 79.1 Å². The van der Waals surface area contributed by atoms with Gasteiger partial charge < -0.3 is 14.5 Å². The molecule has 1 amide bonds. The van der Waals surface area contributed by atoms with Crippen LogP contribution in [0.15, 0.2) is 60.0 Å². The summed E-state index contributed by atoms with van der Waals surface area (Å²) in [6.45, 7) is 3.01. The van der Waals surface area contributed by atoms with Crippen molar-refractivity contribution in [3.8, 4) is 29.6 Å². The van der Waals surface area contributed by atoms with Crippen LogP contribution in [0.5, 0.6) is 6.01 Å². The molecule has 50 heavy (non-hydrogen) atoms. The number of hydrogen-bond acceptors (Lipinski definition) is 9. The fourth-order valence-electron chi connectivity index (χ4n) is 6.98. The van der Waals surface area contributed by atoms with E-state index in [9.17, 15) is 13.6 Å². The first-order valence-corrected chi connectivity index (χ1v) is 17.3. The Bertz CT molecular complexity index is 2100. The molecule has 3 aromatic heterocycles. The number of carbonyl (C=O) groups excluding carboxylic acids is 1. The van der Waals surface area contributed by atoms with Gasteiger partial charge in [0.15, 0.2) is 11.6 Å². The second-order valence-corrected chi connectivity index (χ2v) is 13.3. The van der Waals surface area contributed by atoms with Crippen molar-refractivity contribution in [2.45, 2.75) is 31.5 Å². The van der Waals surface area contributed by atoms with Gasteiger partial charge in [-0.15, -0.1) is 17.8 Å². The SMILES string of the molecule is C#Cc1cccc2cccc(-c3ncc4c(N5CCN(C(=O)/C(F)=C/c6nccs6)CC5)nc(OC)nc4c3F)c12.FC1CC2CCCN2C1. The van der Waals surface area contributed by atoms with Crippen molar-refractivity contribution in [3.63, 3.8) is 0 Å². The fourth-order valence-corrected chi connectivity index (χ4v) is 7.53. The van der Waals surface area contributed by atoms with Gasteiger partial charge in [-0.05, 0) is 37.3 Å². The van der Waals surface area contributed by atoms with E-state index in [1.807, 2.05) is 29.2 Å². The Hall–Kier alpha value is -5.06. The number of fused-ring (bicyclic) bond motifs is 3. The van der Waals surface area contributed by atoms with Crippen LogP contribution < -0.4 is 9.64 Å². The van der Waals surface area contributed by atoms with E-state index < -0.39 is 23.7 Å². The zero-order valence-corrected chi connectivity index (χ0v) is 28.2. The highest BCUT2D eigenvalue weighted by molar-refractivity contribution is 7.10. The van der Waals surface area contributed by atoms with Crippen molar-refractivity contribution >= 4 is 50.8 Å². The molecule has 0 radical (unpaired) electrons. The molecule has 0 spiro atoms. The summed E-state index contributed by atoms with van der Waals surface area (Å²) in [5, 5.41) is 4.10. The predicted molar refractivity (Wildman–Crippen MR) is 189 cm³/mol. The average Bonchev–Trinajstić information content (AvgIpc) is 3.90. The zero-order valence-electron chi connectivity index (χ0n) is 27.4. The van der Waals surface area contributed by atoms with Gasteiger partial charge in [-0.2, -0.15) is 9.97 Å². The Kier molecular flexibility index (Phi) is 9.65. The number of thiazole rings is 1. The number of piperazine rings is 1. The molecule has 0 bridgehead atoms. The molecular formula is C37H34F3N7O2S. The van der Waals surface area contributed by atoms with Crippen molar-refractivity contribution in [3.05, 3.63) is 76.4 Å². The lowest BCUT2D eigenvalue weighted by Gasteiger charge is -2.35. The fraction of sp³-hybridized carbons (Fsp3) is 0.324. The van der Waals surface area contributed by atoms with Crippen molar-refractivity contribution in [2.75, 3.05) is 51.3 Å². The summed E-state index contributed by atoms with van der Waals surface area (Å²) in [4.78, 5) is 35.5. The first kappa shape index (κ1) is 33.4. The minimum atomic E-state index is -0.872. The number of halogens is 3. The van der Waals surface area contributed by atoms with Crippen LogP contribution in [0.3, 0.4) is 0 Å². The molecule has 3 aliphatic heterocycles. The van der Waals surface area contributed by atoms with Gasteiger partial charge in [0.2, 0.25) is 0 Å². The Morgan fingerprint density at radius 1 is 1.10 bits per heavy atom. The molecule has 256 valence electrons. The summed E-state index contributed by atoms with van der Waals surface area (Å²) in [7, 11) is 1.41. The van der Waals surface area contributed by atoms with Crippen LogP contribution in [-0.2, 0) is 4.79 Å². The van der Waals surface area contributed by atoms with Gasteiger partial charge in [-0.1, -0.05) is 36.3 Å². The molecular weight excluding hydrogens is 664 g/mol. The molecule has 0 N–H and O–H groups in total. The van der Waals surface area contributed by atoms with Gasteiger partial charge in [0.1, 0.15) is 28.2 Å². The Labute approximate surface area is 291 Å². The van der Waals surface area contributed by atoms with Gasteiger partial charge >= 0.3 is 6.01 Å². The molecule has 3 aliphatic rings. The molecule has 0 aliphatic carbocycles. The minimum absolute atomic E-state index is 0.0123. The van der Waals surface area contributed by atoms with Gasteiger partial charge in [-0.25, -0.2) is 18.2 Å². The normalized spacial score (nSPS) is 19.3. The maximum atomic E-state index is 16.2. The van der Waals surface area contributed by atoms with Crippen molar-refractivity contribution in [2.24, 2.45) is 0 Å². The lowest BCUT2D eigenvalue weighted by Crippen LogP contribution is -2.49. The summed E-state index contributed by atoms with van der Waals surface area (Å²) >= 11 is 1.24. The van der Waals surface area contributed by atoms with E-state index >= 15 is 4.39 Å². The number of amides is 1. The van der Waals surface area contributed by atoms with Crippen LogP contribution in [0.4, 0.5) is 19.0 Å². The average molecular weight is 698 g/mol. The molecule has 13 heteroatoms. The third kappa shape index (κ3) is 6.60. The number of nitrogens with zero attached hydrogens (tertiary/aromatic N) is 7. The molecule has 8 rings (SSSR count). The number of benzene rings is 2. The highest BCUT2D eigenvalue weighted by atomic mass is 32.1. The van der Waals surface area contributed by atoms with E-state index in [0.29, 0.717) is 53.0 Å². The monoisotopic (exact) mass is 697 g/mol. The van der Waals surface area contributed by atoms with Crippen molar-refractivity contribution in [1.82, 2.24) is 29.7 Å². The Morgan fingerprint density at radius 2 is 1.90 bits per heavy atom. The van der Waals surface area contributed by atoms with Crippen molar-refractivity contribution < 1.29 is 22.7 Å². The number of aromatic nitrogens is 4. The first-order valence-electron chi connectivity index (χ1n) is 16.4. The third-order valence-electron chi connectivity index (χ3n) is 9.37. The zero-order chi connectivity index (χ0) is 34.8. The lowest BCUT2D eigenvalue weighted by atomic mass is 9.97. The van der Waals surface area contributed by atoms with Gasteiger partial charge in [-0.3, -0.25) is 14.7 Å². The maximum Gasteiger partial charge on any atom is 0.318 e. The molecule has 6 heterocycles. The molecule has 2 aromatic carbocycles. The topological polar surface area (TPSA) is 87.6 Å². The van der Waals surface area contributed by atoms with Crippen LogP contribution >= 0.6 is 11.3 Å². The lowest BCUT2D eigenvalue weighted by molar-refractivity contribution is -0.128. The van der Waals surface area contributed by atoms with E-state index in [-0.39, 0.29) is 30.3 Å². The number of rotatable bonds is 5. The smallest absolute Gasteiger partial charge is 0.318 e. The van der Waals surface area contributed by atoms with Crippen LogP contribution in [0.25, 0.3) is 39.0 Å². The second-order valence-electron chi connectivity index (χ2n) is 12.3. The summed E-state index contributed by atoms with van der Waals surface area (Å²) in [6, 6.07) is 11.7. The largest absolute Gasteiger partial charge is 0.467 e. The van der Waals surface area contributed by atoms with Crippen LogP contribution in [-0.4, -0.2) is 94.2 Å². The van der Waals surface area contributed by atoms with Crippen LogP contribution in [0, 0.1) is 18.2 Å². The van der Waals surface area contributed by atoms with Crippen LogP contribution in [0.1, 0.15) is 29.8 Å². The number of ether oxygens (including phenoxy) is 1. The van der Waals surface area contributed by atoms with Crippen molar-refractivity contribution in [1.29, 1.82) is 0 Å². The summed E-state index contributed by atoms with van der Waals surface area (Å²) in [5.74, 6) is 0.881. The number of carbonyl (C=O) groups is 1. The standard InChI is InChI=1S/C30H22F2N6O2S.C7H12FN/c1-3-18-6-4-7-19-8-5-9-20(24(18)19)26-25(32)27-21(17-34-26)28(36-30(35-27)40-2)37-11-13-38(14-12-37)29(39)22(31)16-23-33-10-15-41-23;8-6-4-7-2-1-3-9(7)5-6/h1,4-10,15-17H,11-14H2,2H3;6-7H,1-5H2/b22-16-;. The Morgan fingerprint density at radius 3 is 2.62 bits per heavy atom.